The van der Waals surface area contributed by atoms with E-state index in [9.17, 15) is 14.4 Å². The molecule has 2 aromatic carbocycles. The molecule has 0 saturated carbocycles. The molecule has 7 heteroatoms. The Morgan fingerprint density at radius 1 is 1.08 bits per heavy atom. The molecule has 0 atom stereocenters. The average Bonchev–Trinajstić information content (AvgIpc) is 2.55. The molecule has 0 bridgehead atoms. The Kier molecular flexibility index (Phi) is 6.40. The minimum atomic E-state index is -0.492. The first-order valence-corrected chi connectivity index (χ1v) is 8.30. The lowest BCUT2D eigenvalue weighted by Gasteiger charge is -2.09. The fraction of sp³-hybridized carbons (Fsp3) is 0.118. The zero-order chi connectivity index (χ0) is 17.5. The second-order valence-corrected chi connectivity index (χ2v) is 6.32. The van der Waals surface area contributed by atoms with Gasteiger partial charge in [0, 0.05) is 28.4 Å². The molecule has 24 heavy (non-hydrogen) atoms. The first kappa shape index (κ1) is 18.0. The first-order chi connectivity index (χ1) is 11.5. The zero-order valence-corrected chi connectivity index (χ0v) is 14.2. The topological polar surface area (TPSA) is 89.3 Å². The number of amides is 2. The smallest absolute Gasteiger partial charge is 0.252 e. The van der Waals surface area contributed by atoms with Crippen LogP contribution in [-0.2, 0) is 4.79 Å². The molecule has 0 aliphatic rings. The molecule has 3 N–H and O–H groups in total. The highest BCUT2D eigenvalue weighted by Crippen LogP contribution is 2.27. The number of halogens is 1. The van der Waals surface area contributed by atoms with Gasteiger partial charge < -0.3 is 11.1 Å². The third-order valence-electron chi connectivity index (χ3n) is 3.05. The summed E-state index contributed by atoms with van der Waals surface area (Å²) in [5.41, 5.74) is 5.86. The minimum absolute atomic E-state index is 0.0580. The Morgan fingerprint density at radius 2 is 1.83 bits per heavy atom. The molecule has 0 unspecified atom stereocenters. The van der Waals surface area contributed by atoms with E-state index >= 15 is 0 Å². The van der Waals surface area contributed by atoms with Gasteiger partial charge in [-0.15, -0.1) is 0 Å². The van der Waals surface area contributed by atoms with Crippen LogP contribution in [0.25, 0.3) is 0 Å². The van der Waals surface area contributed by atoms with Crippen LogP contribution < -0.4 is 11.1 Å². The predicted molar refractivity (Wildman–Crippen MR) is 94.2 cm³/mol. The van der Waals surface area contributed by atoms with E-state index in [1.54, 1.807) is 48.5 Å². The molecule has 2 aromatic rings. The molecule has 0 fully saturated rings. The summed E-state index contributed by atoms with van der Waals surface area (Å²) in [4.78, 5) is 35.8. The summed E-state index contributed by atoms with van der Waals surface area (Å²) in [6, 6.07) is 13.4. The van der Waals surface area contributed by atoms with E-state index in [2.05, 4.69) is 5.32 Å². The predicted octanol–water partition coefficient (Wildman–Crippen LogP) is 2.88. The van der Waals surface area contributed by atoms with E-state index < -0.39 is 5.91 Å². The summed E-state index contributed by atoms with van der Waals surface area (Å²) in [6.07, 6.45) is 0.0580. The monoisotopic (exact) mass is 362 g/mol. The van der Waals surface area contributed by atoms with Crippen molar-refractivity contribution in [3.05, 3.63) is 64.7 Å². The zero-order valence-electron chi connectivity index (χ0n) is 12.6. The van der Waals surface area contributed by atoms with Crippen molar-refractivity contribution in [2.45, 2.75) is 11.3 Å². The van der Waals surface area contributed by atoms with Crippen molar-refractivity contribution in [3.8, 4) is 0 Å². The summed E-state index contributed by atoms with van der Waals surface area (Å²) >= 11 is 6.84. The first-order valence-electron chi connectivity index (χ1n) is 7.10. The second-order valence-electron chi connectivity index (χ2n) is 4.87. The summed E-state index contributed by atoms with van der Waals surface area (Å²) in [6.45, 7) is 0.148. The third kappa shape index (κ3) is 5.11. The largest absolute Gasteiger partial charge is 0.370 e. The third-order valence-corrected chi connectivity index (χ3v) is 4.28. The standard InChI is InChI=1S/C17H15ClN2O3S/c18-12-5-3-4-11(10-12)17(23)24-14-7-2-1-6-13(14)16(22)20-9-8-15(19)21/h1-7,10H,8-9H2,(H2,19,21)(H,20,22). The molecular weight excluding hydrogens is 348 g/mol. The number of primary amides is 1. The SMILES string of the molecule is NC(=O)CCNC(=O)c1ccccc1SC(=O)c1cccc(Cl)c1. The molecule has 0 aromatic heterocycles. The van der Waals surface area contributed by atoms with Gasteiger partial charge in [0.25, 0.3) is 5.91 Å². The van der Waals surface area contributed by atoms with Crippen LogP contribution in [0.15, 0.2) is 53.4 Å². The van der Waals surface area contributed by atoms with Gasteiger partial charge in [-0.1, -0.05) is 35.9 Å². The number of carbonyl (C=O) groups is 3. The number of hydrogen-bond acceptors (Lipinski definition) is 4. The summed E-state index contributed by atoms with van der Waals surface area (Å²) in [7, 11) is 0. The molecule has 0 heterocycles. The van der Waals surface area contributed by atoms with Gasteiger partial charge in [0.2, 0.25) is 11.0 Å². The minimum Gasteiger partial charge on any atom is -0.370 e. The fourth-order valence-electron chi connectivity index (χ4n) is 1.91. The van der Waals surface area contributed by atoms with E-state index in [-0.39, 0.29) is 24.0 Å². The van der Waals surface area contributed by atoms with Crippen molar-refractivity contribution in [2.24, 2.45) is 5.73 Å². The van der Waals surface area contributed by atoms with Crippen molar-refractivity contribution in [3.63, 3.8) is 0 Å². The molecule has 0 radical (unpaired) electrons. The average molecular weight is 363 g/mol. The van der Waals surface area contributed by atoms with Gasteiger partial charge in [0.1, 0.15) is 0 Å². The lowest BCUT2D eigenvalue weighted by molar-refractivity contribution is -0.117. The van der Waals surface area contributed by atoms with Crippen molar-refractivity contribution in [1.82, 2.24) is 5.32 Å². The lowest BCUT2D eigenvalue weighted by Crippen LogP contribution is -2.28. The van der Waals surface area contributed by atoms with Crippen LogP contribution in [-0.4, -0.2) is 23.5 Å². The molecule has 5 nitrogen and oxygen atoms in total. The Bertz CT molecular complexity index is 780. The number of nitrogens with one attached hydrogen (secondary N) is 1. The normalized spacial score (nSPS) is 10.2. The van der Waals surface area contributed by atoms with E-state index in [4.69, 9.17) is 17.3 Å². The Morgan fingerprint density at radius 3 is 2.54 bits per heavy atom. The molecule has 0 aliphatic heterocycles. The number of carbonyl (C=O) groups excluding carboxylic acids is 3. The van der Waals surface area contributed by atoms with Crippen molar-refractivity contribution < 1.29 is 14.4 Å². The van der Waals surface area contributed by atoms with Crippen LogP contribution in [0.2, 0.25) is 5.02 Å². The van der Waals surface area contributed by atoms with Gasteiger partial charge in [0.05, 0.1) is 5.56 Å². The van der Waals surface area contributed by atoms with Crippen LogP contribution in [0.1, 0.15) is 27.1 Å². The number of hydrogen-bond donors (Lipinski definition) is 2. The van der Waals surface area contributed by atoms with Crippen molar-refractivity contribution in [1.29, 1.82) is 0 Å². The van der Waals surface area contributed by atoms with E-state index in [0.717, 1.165) is 11.8 Å². The summed E-state index contributed by atoms with van der Waals surface area (Å²) < 4.78 is 0. The van der Waals surface area contributed by atoms with Gasteiger partial charge in [0.15, 0.2) is 0 Å². The van der Waals surface area contributed by atoms with Crippen LogP contribution in [0.3, 0.4) is 0 Å². The number of nitrogens with two attached hydrogens (primary N) is 1. The van der Waals surface area contributed by atoms with Crippen molar-refractivity contribution >= 4 is 40.3 Å². The molecule has 0 aliphatic carbocycles. The molecule has 2 rings (SSSR count). The highest BCUT2D eigenvalue weighted by atomic mass is 35.5. The maximum absolute atomic E-state index is 12.4. The molecule has 0 saturated heterocycles. The van der Waals surface area contributed by atoms with Crippen LogP contribution in [0, 0.1) is 0 Å². The molecule has 2 amide bonds. The quantitative estimate of drug-likeness (QED) is 0.773. The molecular formula is C17H15ClN2O3S. The maximum Gasteiger partial charge on any atom is 0.252 e. The van der Waals surface area contributed by atoms with E-state index in [1.165, 1.54) is 0 Å². The van der Waals surface area contributed by atoms with Gasteiger partial charge in [-0.3, -0.25) is 14.4 Å². The molecule has 124 valence electrons. The fourth-order valence-corrected chi connectivity index (χ4v) is 2.96. The molecule has 0 spiro atoms. The Balaban J connectivity index is 2.12. The van der Waals surface area contributed by atoms with Gasteiger partial charge >= 0.3 is 0 Å². The highest BCUT2D eigenvalue weighted by molar-refractivity contribution is 8.14. The summed E-state index contributed by atoms with van der Waals surface area (Å²) in [5, 5.41) is 2.87. The number of thioether (sulfide) groups is 1. The maximum atomic E-state index is 12.4. The second kappa shape index (κ2) is 8.52. The van der Waals surface area contributed by atoms with Gasteiger partial charge in [-0.25, -0.2) is 0 Å². The van der Waals surface area contributed by atoms with E-state index in [0.29, 0.717) is 21.0 Å². The number of benzene rings is 2. The number of rotatable bonds is 6. The van der Waals surface area contributed by atoms with E-state index in [1.807, 2.05) is 0 Å². The Hall–Kier alpha value is -2.31. The lowest BCUT2D eigenvalue weighted by atomic mass is 10.2. The Labute approximate surface area is 148 Å². The van der Waals surface area contributed by atoms with Gasteiger partial charge in [-0.05, 0) is 36.0 Å². The summed E-state index contributed by atoms with van der Waals surface area (Å²) in [5.74, 6) is -0.854. The highest BCUT2D eigenvalue weighted by Gasteiger charge is 2.15. The van der Waals surface area contributed by atoms with Crippen LogP contribution in [0.5, 0.6) is 0 Å². The van der Waals surface area contributed by atoms with Crippen molar-refractivity contribution in [2.75, 3.05) is 6.54 Å². The van der Waals surface area contributed by atoms with Crippen LogP contribution >= 0.6 is 23.4 Å². The van der Waals surface area contributed by atoms with Gasteiger partial charge in [-0.2, -0.15) is 0 Å². The van der Waals surface area contributed by atoms with Crippen LogP contribution in [0.4, 0.5) is 0 Å².